The Morgan fingerprint density at radius 2 is 2.00 bits per heavy atom. The Morgan fingerprint density at radius 1 is 1.18 bits per heavy atom. The number of aromatic nitrogens is 5. The van der Waals surface area contributed by atoms with Gasteiger partial charge in [-0.3, -0.25) is 0 Å². The van der Waals surface area contributed by atoms with E-state index in [2.05, 4.69) is 22.6 Å². The van der Waals surface area contributed by atoms with Crippen molar-refractivity contribution in [2.75, 3.05) is 24.3 Å². The van der Waals surface area contributed by atoms with E-state index in [9.17, 15) is 13.9 Å². The SMILES string of the molecule is CCCSc1nc(N[C@@H]2C[C@H]2c2ccc(F)c(F)c2)c2nnn([C@@H]3C[C@@H](OCCO)[C@H]4OC(C)(C)O[C@H]43)c2n1. The summed E-state index contributed by atoms with van der Waals surface area (Å²) in [5.74, 6) is -1.03. The number of aliphatic hydroxyl groups excluding tert-OH is 1. The van der Waals surface area contributed by atoms with E-state index in [1.165, 1.54) is 6.07 Å². The van der Waals surface area contributed by atoms with Crippen LogP contribution in [0.5, 0.6) is 0 Å². The van der Waals surface area contributed by atoms with Crippen LogP contribution in [-0.2, 0) is 14.2 Å². The van der Waals surface area contributed by atoms with Crippen LogP contribution in [0.25, 0.3) is 11.2 Å². The van der Waals surface area contributed by atoms with Gasteiger partial charge < -0.3 is 24.6 Å². The molecule has 1 aliphatic heterocycles. The molecule has 3 heterocycles. The average Bonchev–Trinajstić information content (AvgIpc) is 3.24. The van der Waals surface area contributed by atoms with E-state index in [1.54, 1.807) is 22.5 Å². The van der Waals surface area contributed by atoms with Crippen molar-refractivity contribution in [2.24, 2.45) is 0 Å². The zero-order valence-electron chi connectivity index (χ0n) is 22.0. The van der Waals surface area contributed by atoms with Gasteiger partial charge in [-0.05, 0) is 44.4 Å². The van der Waals surface area contributed by atoms with Crippen molar-refractivity contribution in [1.29, 1.82) is 0 Å². The summed E-state index contributed by atoms with van der Waals surface area (Å²) in [4.78, 5) is 9.57. The van der Waals surface area contributed by atoms with Gasteiger partial charge >= 0.3 is 0 Å². The van der Waals surface area contributed by atoms with Crippen LogP contribution in [0.1, 0.15) is 57.6 Å². The molecule has 13 heteroatoms. The normalized spacial score (nSPS) is 29.2. The van der Waals surface area contributed by atoms with Gasteiger partial charge in [0, 0.05) is 24.1 Å². The number of halogens is 2. The molecule has 3 aromatic rings. The van der Waals surface area contributed by atoms with Crippen molar-refractivity contribution >= 4 is 28.7 Å². The smallest absolute Gasteiger partial charge is 0.191 e. The first-order valence-corrected chi connectivity index (χ1v) is 14.3. The zero-order valence-corrected chi connectivity index (χ0v) is 22.8. The van der Waals surface area contributed by atoms with E-state index in [0.29, 0.717) is 28.6 Å². The lowest BCUT2D eigenvalue weighted by Crippen LogP contribution is -2.31. The molecule has 0 spiro atoms. The van der Waals surface area contributed by atoms with Crippen molar-refractivity contribution in [2.45, 2.75) is 87.3 Å². The Labute approximate surface area is 228 Å². The van der Waals surface area contributed by atoms with E-state index in [0.717, 1.165) is 30.2 Å². The fourth-order valence-corrected chi connectivity index (χ4v) is 6.24. The highest BCUT2D eigenvalue weighted by Crippen LogP contribution is 2.46. The third-order valence-electron chi connectivity index (χ3n) is 7.34. The second-order valence-corrected chi connectivity index (χ2v) is 11.7. The van der Waals surface area contributed by atoms with Gasteiger partial charge in [0.15, 0.2) is 39.6 Å². The second-order valence-electron chi connectivity index (χ2n) is 10.7. The lowest BCUT2D eigenvalue weighted by molar-refractivity contribution is -0.171. The van der Waals surface area contributed by atoms with Gasteiger partial charge in [-0.2, -0.15) is 0 Å². The van der Waals surface area contributed by atoms with Crippen molar-refractivity contribution in [3.05, 3.63) is 35.4 Å². The summed E-state index contributed by atoms with van der Waals surface area (Å²) in [6.45, 7) is 5.96. The maximum Gasteiger partial charge on any atom is 0.191 e. The van der Waals surface area contributed by atoms with Crippen molar-refractivity contribution in [3.8, 4) is 0 Å². The topological polar surface area (TPSA) is 116 Å². The molecule has 6 rings (SSSR count). The number of hydrogen-bond donors (Lipinski definition) is 2. The largest absolute Gasteiger partial charge is 0.394 e. The van der Waals surface area contributed by atoms with Gasteiger partial charge in [-0.15, -0.1) is 5.10 Å². The molecule has 0 radical (unpaired) electrons. The first kappa shape index (κ1) is 26.8. The van der Waals surface area contributed by atoms with Crippen LogP contribution < -0.4 is 5.32 Å². The van der Waals surface area contributed by atoms with Gasteiger partial charge in [0.05, 0.1) is 25.4 Å². The maximum atomic E-state index is 13.8. The van der Waals surface area contributed by atoms with E-state index in [4.69, 9.17) is 24.2 Å². The highest BCUT2D eigenvalue weighted by molar-refractivity contribution is 7.99. The number of rotatable bonds is 10. The predicted octanol–water partition coefficient (Wildman–Crippen LogP) is 3.81. The minimum Gasteiger partial charge on any atom is -0.394 e. The molecule has 3 fully saturated rings. The van der Waals surface area contributed by atoms with Crippen LogP contribution >= 0.6 is 11.8 Å². The van der Waals surface area contributed by atoms with Crippen LogP contribution in [0.2, 0.25) is 0 Å². The molecule has 10 nitrogen and oxygen atoms in total. The molecular formula is C26H32F2N6O4S. The molecule has 2 saturated carbocycles. The summed E-state index contributed by atoms with van der Waals surface area (Å²) >= 11 is 1.55. The van der Waals surface area contributed by atoms with Crippen LogP contribution in [0, 0.1) is 11.6 Å². The molecule has 0 bridgehead atoms. The molecule has 39 heavy (non-hydrogen) atoms. The highest BCUT2D eigenvalue weighted by atomic mass is 32.2. The molecule has 210 valence electrons. The Morgan fingerprint density at radius 3 is 2.77 bits per heavy atom. The molecule has 0 unspecified atom stereocenters. The Balaban J connectivity index is 1.31. The Bertz CT molecular complexity index is 1360. The summed E-state index contributed by atoms with van der Waals surface area (Å²) in [6, 6.07) is 3.80. The van der Waals surface area contributed by atoms with E-state index in [1.807, 2.05) is 13.8 Å². The van der Waals surface area contributed by atoms with Gasteiger partial charge in [-0.1, -0.05) is 30.0 Å². The van der Waals surface area contributed by atoms with Gasteiger partial charge in [-0.25, -0.2) is 23.4 Å². The lowest BCUT2D eigenvalue weighted by Gasteiger charge is -2.23. The van der Waals surface area contributed by atoms with Crippen molar-refractivity contribution in [3.63, 3.8) is 0 Å². The standard InChI is InChI=1S/C26H32F2N6O4S/c1-4-9-39-25-30-23(29-17-11-14(17)13-5-6-15(27)16(28)10-13)20-24(31-25)34(33-32-20)18-12-19(36-8-7-35)22-21(18)37-26(2,3)38-22/h5-6,10,14,17-19,21-22,35H,4,7-9,11-12H2,1-3H3,(H,29,30,31)/t14-,17+,18+,19+,21-,22+/m0/s1. The minimum absolute atomic E-state index is 0.00150. The second kappa shape index (κ2) is 10.5. The molecule has 2 N–H and O–H groups in total. The summed E-state index contributed by atoms with van der Waals surface area (Å²) in [5.41, 5.74) is 1.85. The van der Waals surface area contributed by atoms with Crippen LogP contribution in [-0.4, -0.2) is 79.2 Å². The number of fused-ring (bicyclic) bond motifs is 2. The fourth-order valence-electron chi connectivity index (χ4n) is 5.55. The summed E-state index contributed by atoms with van der Waals surface area (Å²) in [7, 11) is 0. The lowest BCUT2D eigenvalue weighted by atomic mass is 10.1. The number of ether oxygens (including phenoxy) is 3. The third-order valence-corrected chi connectivity index (χ3v) is 8.40. The van der Waals surface area contributed by atoms with Crippen molar-refractivity contribution in [1.82, 2.24) is 25.0 Å². The average molecular weight is 563 g/mol. The molecule has 0 amide bonds. The molecular weight excluding hydrogens is 530 g/mol. The number of nitrogens with one attached hydrogen (secondary N) is 1. The summed E-state index contributed by atoms with van der Waals surface area (Å²) in [5, 5.41) is 22.3. The van der Waals surface area contributed by atoms with E-state index >= 15 is 0 Å². The van der Waals surface area contributed by atoms with E-state index < -0.39 is 17.4 Å². The predicted molar refractivity (Wildman–Crippen MR) is 140 cm³/mol. The zero-order chi connectivity index (χ0) is 27.3. The van der Waals surface area contributed by atoms with Crippen molar-refractivity contribution < 1.29 is 28.1 Å². The Hall–Kier alpha value is -2.45. The number of nitrogens with zero attached hydrogens (tertiary/aromatic N) is 5. The molecule has 2 aliphatic carbocycles. The van der Waals surface area contributed by atoms with E-state index in [-0.39, 0.29) is 49.5 Å². The van der Waals surface area contributed by atoms with Gasteiger partial charge in [0.25, 0.3) is 0 Å². The third kappa shape index (κ3) is 5.22. The van der Waals surface area contributed by atoms with Crippen LogP contribution in [0.3, 0.4) is 0 Å². The van der Waals surface area contributed by atoms with Crippen LogP contribution in [0.15, 0.2) is 23.4 Å². The number of benzene rings is 1. The monoisotopic (exact) mass is 562 g/mol. The Kier molecular flexibility index (Phi) is 7.21. The molecule has 3 aliphatic rings. The minimum atomic E-state index is -0.853. The molecule has 2 aromatic heterocycles. The van der Waals surface area contributed by atoms with Gasteiger partial charge in [0.2, 0.25) is 0 Å². The maximum absolute atomic E-state index is 13.8. The summed E-state index contributed by atoms with van der Waals surface area (Å²) < 4.78 is 47.4. The first-order chi connectivity index (χ1) is 18.8. The number of anilines is 1. The molecule has 1 aromatic carbocycles. The quantitative estimate of drug-likeness (QED) is 0.279. The molecule has 1 saturated heterocycles. The fraction of sp³-hybridized carbons (Fsp3) is 0.615. The first-order valence-electron chi connectivity index (χ1n) is 13.3. The highest BCUT2D eigenvalue weighted by Gasteiger charge is 2.56. The number of aliphatic hydroxyl groups is 1. The van der Waals surface area contributed by atoms with Crippen LogP contribution in [0.4, 0.5) is 14.6 Å². The summed E-state index contributed by atoms with van der Waals surface area (Å²) in [6.07, 6.45) is 1.38. The number of hydrogen-bond acceptors (Lipinski definition) is 10. The van der Waals surface area contributed by atoms with Gasteiger partial charge in [0.1, 0.15) is 12.2 Å². The molecule has 6 atom stereocenters. The number of thioether (sulfide) groups is 1.